The number of methoxy groups -OCH3 is 1. The molecule has 2 rings (SSSR count). The van der Waals surface area contributed by atoms with Gasteiger partial charge >= 0.3 is 5.97 Å². The van der Waals surface area contributed by atoms with Gasteiger partial charge in [0.1, 0.15) is 12.3 Å². The minimum absolute atomic E-state index is 0.0136. The Morgan fingerprint density at radius 2 is 2.04 bits per heavy atom. The fourth-order valence-electron chi connectivity index (χ4n) is 4.72. The van der Waals surface area contributed by atoms with Crippen molar-refractivity contribution in [1.29, 1.82) is 0 Å². The summed E-state index contributed by atoms with van der Waals surface area (Å²) in [4.78, 5) is 11.2. The number of rotatable bonds is 12. The number of aliphatic hydroxyl groups excluding tert-OH is 2. The standard InChI is InChI=1S/C21H36FIO5/c1-3-4-5-7-13(24)10-11-14-16(25)12-17-19(14)20(22)21(28-17)15(23)8-6-9-18(26)27-2/h13-17,19-21,24-25H,3-12H2,1-2H3/t13-,14-,15-,16+,17+,19+,20-,21+/m0/s1. The van der Waals surface area contributed by atoms with Gasteiger partial charge in [0.25, 0.3) is 0 Å². The first kappa shape index (κ1) is 24.3. The van der Waals surface area contributed by atoms with Crippen molar-refractivity contribution in [2.75, 3.05) is 7.11 Å². The number of fused-ring (bicyclic) bond motifs is 1. The second-order valence-electron chi connectivity index (χ2n) is 8.34. The molecule has 0 aromatic rings. The van der Waals surface area contributed by atoms with Crippen LogP contribution in [0.4, 0.5) is 4.39 Å². The minimum Gasteiger partial charge on any atom is -0.469 e. The van der Waals surface area contributed by atoms with Gasteiger partial charge in [-0.3, -0.25) is 4.79 Å². The van der Waals surface area contributed by atoms with Crippen LogP contribution in [0.1, 0.15) is 71.1 Å². The molecule has 2 N–H and O–H groups in total. The number of alkyl halides is 2. The van der Waals surface area contributed by atoms with Gasteiger partial charge in [-0.05, 0) is 38.0 Å². The Kier molecular flexibility index (Phi) is 10.4. The molecule has 7 heteroatoms. The Bertz CT molecular complexity index is 480. The molecule has 0 unspecified atom stereocenters. The molecule has 8 atom stereocenters. The van der Waals surface area contributed by atoms with Crippen LogP contribution in [0.2, 0.25) is 0 Å². The molecule has 0 bridgehead atoms. The molecular formula is C21H36FIO5. The summed E-state index contributed by atoms with van der Waals surface area (Å²) in [5.41, 5.74) is 0. The summed E-state index contributed by atoms with van der Waals surface area (Å²) in [6.07, 6.45) is 4.68. The zero-order chi connectivity index (χ0) is 20.7. The summed E-state index contributed by atoms with van der Waals surface area (Å²) in [5, 5.41) is 20.6. The van der Waals surface area contributed by atoms with Crippen LogP contribution in [0.5, 0.6) is 0 Å². The highest BCUT2D eigenvalue weighted by atomic mass is 127. The first-order chi connectivity index (χ1) is 13.4. The molecule has 1 aliphatic carbocycles. The molecule has 1 saturated heterocycles. The van der Waals surface area contributed by atoms with Crippen molar-refractivity contribution in [3.05, 3.63) is 0 Å². The van der Waals surface area contributed by atoms with E-state index in [2.05, 4.69) is 34.3 Å². The average Bonchev–Trinajstić information content (AvgIpc) is 3.15. The predicted octanol–water partition coefficient (Wildman–Crippen LogP) is 3.96. The van der Waals surface area contributed by atoms with Crippen molar-refractivity contribution in [2.24, 2.45) is 11.8 Å². The van der Waals surface area contributed by atoms with Crippen molar-refractivity contribution in [3.63, 3.8) is 0 Å². The minimum atomic E-state index is -1.11. The van der Waals surface area contributed by atoms with Crippen LogP contribution in [0.25, 0.3) is 0 Å². The summed E-state index contributed by atoms with van der Waals surface area (Å²) in [7, 11) is 1.37. The molecule has 5 nitrogen and oxygen atoms in total. The number of halogens is 2. The number of hydrogen-bond donors (Lipinski definition) is 2. The fourth-order valence-corrected chi connectivity index (χ4v) is 5.73. The Hall–Kier alpha value is 0.01000. The Labute approximate surface area is 181 Å². The third-order valence-electron chi connectivity index (χ3n) is 6.32. The zero-order valence-corrected chi connectivity index (χ0v) is 19.2. The lowest BCUT2D eigenvalue weighted by molar-refractivity contribution is -0.140. The smallest absolute Gasteiger partial charge is 0.305 e. The summed E-state index contributed by atoms with van der Waals surface area (Å²) in [6, 6.07) is 0. The van der Waals surface area contributed by atoms with Gasteiger partial charge in [0.2, 0.25) is 0 Å². The third kappa shape index (κ3) is 6.51. The molecule has 164 valence electrons. The summed E-state index contributed by atoms with van der Waals surface area (Å²) in [6.45, 7) is 2.13. The number of hydrogen-bond acceptors (Lipinski definition) is 5. The topological polar surface area (TPSA) is 76.0 Å². The Morgan fingerprint density at radius 3 is 2.71 bits per heavy atom. The first-order valence-electron chi connectivity index (χ1n) is 10.8. The summed E-state index contributed by atoms with van der Waals surface area (Å²) < 4.78 is 25.9. The molecule has 28 heavy (non-hydrogen) atoms. The first-order valence-corrected chi connectivity index (χ1v) is 12.0. The van der Waals surface area contributed by atoms with E-state index < -0.39 is 18.4 Å². The maximum atomic E-state index is 15.2. The number of unbranched alkanes of at least 4 members (excludes halogenated alkanes) is 2. The molecular weight excluding hydrogens is 478 g/mol. The van der Waals surface area contributed by atoms with E-state index in [1.807, 2.05) is 0 Å². The van der Waals surface area contributed by atoms with Crippen LogP contribution in [-0.4, -0.2) is 57.8 Å². The lowest BCUT2D eigenvalue weighted by atomic mass is 9.84. The SMILES string of the molecule is CCCCC[C@H](O)CC[C@@H]1[C@H]2[C@H](F)[C@@H]([C@@H](I)CCCC(=O)OC)O[C@@H]2C[C@H]1O. The normalized spacial score (nSPS) is 34.2. The Morgan fingerprint density at radius 1 is 1.29 bits per heavy atom. The zero-order valence-electron chi connectivity index (χ0n) is 17.1. The lowest BCUT2D eigenvalue weighted by Crippen LogP contribution is -2.35. The van der Waals surface area contributed by atoms with Gasteiger partial charge in [-0.2, -0.15) is 0 Å². The molecule has 2 fully saturated rings. The molecule has 1 heterocycles. The second kappa shape index (κ2) is 12.0. The van der Waals surface area contributed by atoms with Crippen molar-refractivity contribution < 1.29 is 28.9 Å². The van der Waals surface area contributed by atoms with E-state index in [0.717, 1.165) is 25.7 Å². The summed E-state index contributed by atoms with van der Waals surface area (Å²) >= 11 is 2.22. The Balaban J connectivity index is 1.83. The number of carbonyl (C=O) groups excluding carboxylic acids is 1. The van der Waals surface area contributed by atoms with Crippen molar-refractivity contribution >= 4 is 28.6 Å². The molecule has 0 amide bonds. The highest BCUT2D eigenvalue weighted by Gasteiger charge is 2.56. The lowest BCUT2D eigenvalue weighted by Gasteiger charge is -2.26. The second-order valence-corrected chi connectivity index (χ2v) is 9.94. The van der Waals surface area contributed by atoms with Gasteiger partial charge in [-0.1, -0.05) is 48.8 Å². The predicted molar refractivity (Wildman–Crippen MR) is 114 cm³/mol. The largest absolute Gasteiger partial charge is 0.469 e. The van der Waals surface area contributed by atoms with E-state index >= 15 is 4.39 Å². The number of aliphatic hydroxyl groups is 2. The van der Waals surface area contributed by atoms with Gasteiger partial charge in [-0.15, -0.1) is 0 Å². The monoisotopic (exact) mass is 514 g/mol. The van der Waals surface area contributed by atoms with Crippen LogP contribution < -0.4 is 0 Å². The highest BCUT2D eigenvalue weighted by Crippen LogP contribution is 2.48. The third-order valence-corrected chi connectivity index (χ3v) is 7.66. The molecule has 0 aromatic carbocycles. The van der Waals surface area contributed by atoms with Crippen molar-refractivity contribution in [3.8, 4) is 0 Å². The maximum absolute atomic E-state index is 15.2. The van der Waals surface area contributed by atoms with Crippen LogP contribution in [-0.2, 0) is 14.3 Å². The van der Waals surface area contributed by atoms with E-state index in [4.69, 9.17) is 4.74 Å². The van der Waals surface area contributed by atoms with E-state index in [-0.39, 0.29) is 33.9 Å². The van der Waals surface area contributed by atoms with Crippen molar-refractivity contribution in [1.82, 2.24) is 0 Å². The average molecular weight is 514 g/mol. The van der Waals surface area contributed by atoms with E-state index in [9.17, 15) is 15.0 Å². The molecule has 1 aliphatic heterocycles. The molecule has 0 aromatic heterocycles. The number of ether oxygens (including phenoxy) is 2. The molecule has 1 saturated carbocycles. The van der Waals surface area contributed by atoms with Gasteiger partial charge in [-0.25, -0.2) is 4.39 Å². The van der Waals surface area contributed by atoms with Crippen LogP contribution in [0.3, 0.4) is 0 Å². The fraction of sp³-hybridized carbons (Fsp3) is 0.952. The van der Waals surface area contributed by atoms with E-state index in [1.165, 1.54) is 7.11 Å². The van der Waals surface area contributed by atoms with Crippen LogP contribution in [0.15, 0.2) is 0 Å². The van der Waals surface area contributed by atoms with E-state index in [1.54, 1.807) is 0 Å². The molecule has 2 aliphatic rings. The van der Waals surface area contributed by atoms with Gasteiger partial charge in [0, 0.05) is 22.7 Å². The van der Waals surface area contributed by atoms with Crippen LogP contribution in [0, 0.1) is 11.8 Å². The highest BCUT2D eigenvalue weighted by molar-refractivity contribution is 14.1. The van der Waals surface area contributed by atoms with E-state index in [0.29, 0.717) is 38.5 Å². The summed E-state index contributed by atoms with van der Waals surface area (Å²) in [5.74, 6) is -0.685. The number of carbonyl (C=O) groups is 1. The van der Waals surface area contributed by atoms with Crippen molar-refractivity contribution in [2.45, 2.75) is 106 Å². The van der Waals surface area contributed by atoms with Gasteiger partial charge < -0.3 is 19.7 Å². The number of esters is 1. The van der Waals surface area contributed by atoms with Gasteiger partial charge in [0.15, 0.2) is 0 Å². The quantitative estimate of drug-likeness (QED) is 0.179. The molecule has 0 radical (unpaired) electrons. The van der Waals surface area contributed by atoms with Gasteiger partial charge in [0.05, 0.1) is 25.4 Å². The van der Waals surface area contributed by atoms with Crippen LogP contribution >= 0.6 is 22.6 Å². The maximum Gasteiger partial charge on any atom is 0.305 e. The molecule has 0 spiro atoms.